The Morgan fingerprint density at radius 2 is 1.77 bits per heavy atom. The normalized spacial score (nSPS) is 15.9. The number of carbonyl (C=O) groups is 1. The standard InChI is InChI=1S/C27H22F2N4O2/c1-3-17-6-4-9-22(14-17)33-16(2)23(24(30-27(33)34)18-10-12-20(28)13-11-18)26-31-25(32-35-26)19-7-5-8-21(29)15-19/h4-15,24H,3H2,1-2H3,(H,30,34). The van der Waals surface area contributed by atoms with E-state index in [0.717, 1.165) is 12.0 Å². The van der Waals surface area contributed by atoms with Gasteiger partial charge in [-0.1, -0.05) is 48.5 Å². The van der Waals surface area contributed by atoms with Gasteiger partial charge in [0.15, 0.2) is 0 Å². The van der Waals surface area contributed by atoms with E-state index in [1.165, 1.54) is 24.3 Å². The van der Waals surface area contributed by atoms with Crippen LogP contribution in [0.3, 0.4) is 0 Å². The average molecular weight is 472 g/mol. The van der Waals surface area contributed by atoms with Gasteiger partial charge in [-0.2, -0.15) is 4.98 Å². The van der Waals surface area contributed by atoms with E-state index in [-0.39, 0.29) is 23.6 Å². The fourth-order valence-electron chi connectivity index (χ4n) is 4.23. The zero-order chi connectivity index (χ0) is 24.5. The van der Waals surface area contributed by atoms with Gasteiger partial charge < -0.3 is 9.84 Å². The molecular formula is C27H22F2N4O2. The predicted molar refractivity (Wildman–Crippen MR) is 128 cm³/mol. The Morgan fingerprint density at radius 1 is 1.00 bits per heavy atom. The van der Waals surface area contributed by atoms with Gasteiger partial charge in [-0.25, -0.2) is 13.6 Å². The van der Waals surface area contributed by atoms with Crippen molar-refractivity contribution >= 4 is 17.3 Å². The third-order valence-electron chi connectivity index (χ3n) is 6.00. The number of urea groups is 1. The van der Waals surface area contributed by atoms with Crippen LogP contribution >= 0.6 is 0 Å². The molecule has 2 heterocycles. The molecule has 0 aliphatic carbocycles. The van der Waals surface area contributed by atoms with Crippen LogP contribution in [0.15, 0.2) is 83.0 Å². The van der Waals surface area contributed by atoms with Gasteiger partial charge >= 0.3 is 6.03 Å². The van der Waals surface area contributed by atoms with Gasteiger partial charge in [0.25, 0.3) is 5.89 Å². The van der Waals surface area contributed by atoms with Crippen LogP contribution in [0.5, 0.6) is 0 Å². The molecule has 1 aliphatic rings. The van der Waals surface area contributed by atoms with Crippen molar-refractivity contribution in [2.24, 2.45) is 0 Å². The second-order valence-electron chi connectivity index (χ2n) is 8.23. The van der Waals surface area contributed by atoms with Crippen molar-refractivity contribution in [1.29, 1.82) is 0 Å². The highest BCUT2D eigenvalue weighted by Gasteiger charge is 2.36. The van der Waals surface area contributed by atoms with Crippen molar-refractivity contribution in [3.05, 3.63) is 107 Å². The zero-order valence-electron chi connectivity index (χ0n) is 19.1. The number of nitrogens with one attached hydrogen (secondary N) is 1. The highest BCUT2D eigenvalue weighted by Crippen LogP contribution is 2.39. The first kappa shape index (κ1) is 22.5. The molecule has 1 unspecified atom stereocenters. The summed E-state index contributed by atoms with van der Waals surface area (Å²) in [6.45, 7) is 3.84. The molecule has 0 saturated heterocycles. The smallest absolute Gasteiger partial charge is 0.326 e. The Bertz CT molecular complexity index is 1430. The molecular weight excluding hydrogens is 450 g/mol. The lowest BCUT2D eigenvalue weighted by atomic mass is 9.94. The van der Waals surface area contributed by atoms with Crippen LogP contribution in [0.4, 0.5) is 19.3 Å². The second kappa shape index (κ2) is 9.13. The lowest BCUT2D eigenvalue weighted by Gasteiger charge is -2.35. The van der Waals surface area contributed by atoms with Crippen LogP contribution in [0, 0.1) is 11.6 Å². The quantitative estimate of drug-likeness (QED) is 0.371. The maximum Gasteiger partial charge on any atom is 0.326 e. The molecule has 0 fully saturated rings. The van der Waals surface area contributed by atoms with E-state index in [9.17, 15) is 13.6 Å². The summed E-state index contributed by atoms with van der Waals surface area (Å²) in [7, 11) is 0. The Hall–Kier alpha value is -4.33. The third-order valence-corrected chi connectivity index (χ3v) is 6.00. The van der Waals surface area contributed by atoms with Gasteiger partial charge in [-0.15, -0.1) is 0 Å². The van der Waals surface area contributed by atoms with Gasteiger partial charge in [0.1, 0.15) is 11.6 Å². The summed E-state index contributed by atoms with van der Waals surface area (Å²) in [6, 6.07) is 18.5. The number of benzene rings is 3. The minimum Gasteiger partial charge on any atom is -0.334 e. The monoisotopic (exact) mass is 472 g/mol. The maximum absolute atomic E-state index is 13.8. The first-order valence-corrected chi connectivity index (χ1v) is 11.2. The van der Waals surface area contributed by atoms with Crippen LogP contribution in [0.2, 0.25) is 0 Å². The van der Waals surface area contributed by atoms with E-state index in [0.29, 0.717) is 28.1 Å². The van der Waals surface area contributed by atoms with Crippen molar-refractivity contribution in [3.63, 3.8) is 0 Å². The summed E-state index contributed by atoms with van der Waals surface area (Å²) in [6.07, 6.45) is 0.817. The summed E-state index contributed by atoms with van der Waals surface area (Å²) in [5.74, 6) is -0.413. The average Bonchev–Trinajstić information content (AvgIpc) is 3.34. The molecule has 0 spiro atoms. The molecule has 176 valence electrons. The molecule has 3 aromatic carbocycles. The number of amides is 2. The Morgan fingerprint density at radius 3 is 2.51 bits per heavy atom. The van der Waals surface area contributed by atoms with Gasteiger partial charge in [0, 0.05) is 11.3 Å². The van der Waals surface area contributed by atoms with Crippen molar-refractivity contribution in [1.82, 2.24) is 15.5 Å². The first-order valence-electron chi connectivity index (χ1n) is 11.2. The van der Waals surface area contributed by atoms with Crippen LogP contribution in [-0.2, 0) is 6.42 Å². The summed E-state index contributed by atoms with van der Waals surface area (Å²) < 4.78 is 33.0. The number of aromatic nitrogens is 2. The molecule has 1 aromatic heterocycles. The topological polar surface area (TPSA) is 71.3 Å². The minimum atomic E-state index is -0.658. The molecule has 1 aliphatic heterocycles. The van der Waals surface area contributed by atoms with E-state index in [1.807, 2.05) is 31.2 Å². The molecule has 2 amide bonds. The first-order chi connectivity index (χ1) is 16.9. The van der Waals surface area contributed by atoms with Crippen molar-refractivity contribution in [3.8, 4) is 11.4 Å². The molecule has 0 bridgehead atoms. The Balaban J connectivity index is 1.66. The van der Waals surface area contributed by atoms with Crippen molar-refractivity contribution in [2.75, 3.05) is 4.90 Å². The van der Waals surface area contributed by atoms with Crippen LogP contribution in [0.25, 0.3) is 17.0 Å². The summed E-state index contributed by atoms with van der Waals surface area (Å²) in [5, 5.41) is 7.04. The van der Waals surface area contributed by atoms with Crippen molar-refractivity contribution in [2.45, 2.75) is 26.3 Å². The third kappa shape index (κ3) is 4.30. The number of carbonyl (C=O) groups excluding carboxylic acids is 1. The molecule has 6 nitrogen and oxygen atoms in total. The lowest BCUT2D eigenvalue weighted by molar-refractivity contribution is 0.244. The molecule has 1 atom stereocenters. The fourth-order valence-corrected chi connectivity index (χ4v) is 4.23. The summed E-state index contributed by atoms with van der Waals surface area (Å²) in [4.78, 5) is 19.4. The van der Waals surface area contributed by atoms with Crippen LogP contribution in [0.1, 0.15) is 36.9 Å². The molecule has 4 aromatic rings. The van der Waals surface area contributed by atoms with Gasteiger partial charge in [0.05, 0.1) is 17.3 Å². The number of aryl methyl sites for hydroxylation is 1. The number of allylic oxidation sites excluding steroid dienone is 1. The predicted octanol–water partition coefficient (Wildman–Crippen LogP) is 6.28. The van der Waals surface area contributed by atoms with E-state index in [2.05, 4.69) is 15.5 Å². The minimum absolute atomic E-state index is 0.174. The number of halogens is 2. The number of rotatable bonds is 5. The van der Waals surface area contributed by atoms with E-state index in [1.54, 1.807) is 36.1 Å². The maximum atomic E-state index is 13.8. The lowest BCUT2D eigenvalue weighted by Crippen LogP contribution is -2.46. The highest BCUT2D eigenvalue weighted by molar-refractivity contribution is 6.01. The van der Waals surface area contributed by atoms with E-state index in [4.69, 9.17) is 4.52 Å². The number of anilines is 1. The van der Waals surface area contributed by atoms with Crippen molar-refractivity contribution < 1.29 is 18.1 Å². The molecule has 1 N–H and O–H groups in total. The largest absolute Gasteiger partial charge is 0.334 e. The Kier molecular flexibility index (Phi) is 5.86. The van der Waals surface area contributed by atoms with E-state index < -0.39 is 11.9 Å². The SMILES string of the molecule is CCc1cccc(N2C(=O)NC(c3ccc(F)cc3)C(c3nc(-c4cccc(F)c4)no3)=C2C)c1. The highest BCUT2D eigenvalue weighted by atomic mass is 19.1. The van der Waals surface area contributed by atoms with Crippen LogP contribution < -0.4 is 10.2 Å². The molecule has 8 heteroatoms. The fraction of sp³-hybridized carbons (Fsp3) is 0.148. The number of nitrogens with zero attached hydrogens (tertiary/aromatic N) is 3. The van der Waals surface area contributed by atoms with Gasteiger partial charge in [0.2, 0.25) is 5.82 Å². The van der Waals surface area contributed by atoms with Gasteiger partial charge in [-0.3, -0.25) is 4.90 Å². The molecule has 0 radical (unpaired) electrons. The molecule has 5 rings (SSSR count). The molecule has 0 saturated carbocycles. The van der Waals surface area contributed by atoms with E-state index >= 15 is 0 Å². The Labute approximate surface area is 200 Å². The zero-order valence-corrected chi connectivity index (χ0v) is 19.1. The second-order valence-corrected chi connectivity index (χ2v) is 8.23. The summed E-state index contributed by atoms with van der Waals surface area (Å²) >= 11 is 0. The number of hydrogen-bond donors (Lipinski definition) is 1. The number of hydrogen-bond acceptors (Lipinski definition) is 4. The molecule has 35 heavy (non-hydrogen) atoms. The van der Waals surface area contributed by atoms with Gasteiger partial charge in [-0.05, 0) is 60.9 Å². The summed E-state index contributed by atoms with van der Waals surface area (Å²) in [5.41, 5.74) is 4.04. The van der Waals surface area contributed by atoms with Crippen LogP contribution in [-0.4, -0.2) is 16.2 Å².